The third kappa shape index (κ3) is 1.99. The Bertz CT molecular complexity index is 264. The third-order valence-corrected chi connectivity index (χ3v) is 1.38. The van der Waals surface area contributed by atoms with Gasteiger partial charge in [0.1, 0.15) is 5.75 Å². The van der Waals surface area contributed by atoms with Gasteiger partial charge in [-0.3, -0.25) is 0 Å². The number of carbonyl (C=O) groups excluding carboxylic acids is 1. The molecule has 3 nitrogen and oxygen atoms in total. The lowest BCUT2D eigenvalue weighted by Gasteiger charge is -2.00. The molecule has 0 radical (unpaired) electrons. The molecule has 0 aromatic heterocycles. The first-order valence-corrected chi connectivity index (χ1v) is 3.70. The minimum absolute atomic E-state index is 0.142. The van der Waals surface area contributed by atoms with Crippen LogP contribution >= 0.6 is 0 Å². The fraction of sp³-hybridized carbons (Fsp3) is 0.222. The van der Waals surface area contributed by atoms with Crippen LogP contribution in [0.1, 0.15) is 17.3 Å². The van der Waals surface area contributed by atoms with Crippen LogP contribution in [0.2, 0.25) is 0 Å². The van der Waals surface area contributed by atoms with Gasteiger partial charge in [0, 0.05) is 0 Å². The maximum atomic E-state index is 11.1. The number of phenols is 1. The molecule has 0 heterocycles. The summed E-state index contributed by atoms with van der Waals surface area (Å²) in [5.74, 6) is -0.222. The molecule has 0 aliphatic heterocycles. The van der Waals surface area contributed by atoms with Gasteiger partial charge in [0.15, 0.2) is 0 Å². The molecule has 0 spiro atoms. The smallest absolute Gasteiger partial charge is 0.338 e. The van der Waals surface area contributed by atoms with Crippen LogP contribution in [0.4, 0.5) is 0 Å². The molecular weight excluding hydrogens is 157 g/mol. The highest BCUT2D eigenvalue weighted by atomic mass is 16.6. The summed E-state index contributed by atoms with van der Waals surface area (Å²) in [5.41, 5.74) is 0.453. The van der Waals surface area contributed by atoms with Gasteiger partial charge in [-0.2, -0.15) is 0 Å². The molecule has 0 atom stereocenters. The zero-order valence-electron chi connectivity index (χ0n) is 6.78. The molecule has 1 aromatic rings. The van der Waals surface area contributed by atoms with Crippen molar-refractivity contribution in [3.05, 3.63) is 29.8 Å². The summed E-state index contributed by atoms with van der Waals surface area (Å²) in [5, 5.41) is 8.92. The summed E-state index contributed by atoms with van der Waals surface area (Å²) in [4.78, 5) is 11.1. The van der Waals surface area contributed by atoms with Crippen LogP contribution in [0.3, 0.4) is 0 Å². The number of phenolic OH excluding ortho intramolecular Hbond substituents is 1. The number of hydrogen-bond acceptors (Lipinski definition) is 3. The van der Waals surface area contributed by atoms with E-state index in [9.17, 15) is 4.79 Å². The second kappa shape index (κ2) is 3.76. The SMILES string of the molecule is CCO[13C](=O)c1ccc(O)cc1. The Balaban J connectivity index is 2.75. The minimum Gasteiger partial charge on any atom is -0.508 e. The Hall–Kier alpha value is -1.51. The molecule has 0 bridgehead atoms. The van der Waals surface area contributed by atoms with E-state index >= 15 is 0 Å². The van der Waals surface area contributed by atoms with Crippen molar-refractivity contribution in [3.8, 4) is 5.75 Å². The van der Waals surface area contributed by atoms with Crippen molar-refractivity contribution in [2.24, 2.45) is 0 Å². The Morgan fingerprint density at radius 2 is 2.00 bits per heavy atom. The lowest BCUT2D eigenvalue weighted by Crippen LogP contribution is -2.03. The van der Waals surface area contributed by atoms with Gasteiger partial charge in [-0.15, -0.1) is 0 Å². The molecule has 1 aromatic carbocycles. The molecule has 12 heavy (non-hydrogen) atoms. The number of esters is 1. The zero-order valence-corrected chi connectivity index (χ0v) is 6.78. The largest absolute Gasteiger partial charge is 0.508 e. The molecule has 64 valence electrons. The van der Waals surface area contributed by atoms with Crippen LogP contribution in [-0.4, -0.2) is 17.7 Å². The Kier molecular flexibility index (Phi) is 2.69. The monoisotopic (exact) mass is 167 g/mol. The van der Waals surface area contributed by atoms with Gasteiger partial charge in [0.05, 0.1) is 12.2 Å². The maximum Gasteiger partial charge on any atom is 0.338 e. The highest BCUT2D eigenvalue weighted by Gasteiger charge is 2.04. The van der Waals surface area contributed by atoms with E-state index in [1.165, 1.54) is 24.3 Å². The van der Waals surface area contributed by atoms with Crippen molar-refractivity contribution in [1.82, 2.24) is 0 Å². The van der Waals surface area contributed by atoms with E-state index in [0.29, 0.717) is 12.2 Å². The van der Waals surface area contributed by atoms with Crippen molar-refractivity contribution < 1.29 is 14.6 Å². The average Bonchev–Trinajstić information content (AvgIpc) is 2.06. The number of aromatic hydroxyl groups is 1. The number of benzene rings is 1. The second-order valence-corrected chi connectivity index (χ2v) is 2.27. The van der Waals surface area contributed by atoms with Crippen LogP contribution < -0.4 is 0 Å². The number of hydrogen-bond donors (Lipinski definition) is 1. The number of rotatable bonds is 2. The highest BCUT2D eigenvalue weighted by molar-refractivity contribution is 5.89. The quantitative estimate of drug-likeness (QED) is 0.537. The van der Waals surface area contributed by atoms with Crippen LogP contribution in [0, 0.1) is 0 Å². The van der Waals surface area contributed by atoms with E-state index < -0.39 is 0 Å². The Morgan fingerprint density at radius 3 is 2.50 bits per heavy atom. The van der Waals surface area contributed by atoms with Crippen LogP contribution in [0.25, 0.3) is 0 Å². The summed E-state index contributed by atoms with van der Waals surface area (Å²) in [7, 11) is 0. The molecular formula is C9H10O3. The minimum atomic E-state index is -0.363. The van der Waals surface area contributed by atoms with Crippen molar-refractivity contribution in [3.63, 3.8) is 0 Å². The molecule has 0 unspecified atom stereocenters. The van der Waals surface area contributed by atoms with E-state index in [-0.39, 0.29) is 11.7 Å². The molecule has 0 amide bonds. The summed E-state index contributed by atoms with van der Waals surface area (Å²) >= 11 is 0. The first-order valence-electron chi connectivity index (χ1n) is 3.70. The molecule has 0 aliphatic rings. The first-order chi connectivity index (χ1) is 5.74. The zero-order chi connectivity index (χ0) is 8.97. The van der Waals surface area contributed by atoms with Crippen molar-refractivity contribution in [2.75, 3.05) is 6.61 Å². The fourth-order valence-electron chi connectivity index (χ4n) is 0.812. The molecule has 0 saturated carbocycles. The van der Waals surface area contributed by atoms with Gasteiger partial charge in [-0.1, -0.05) is 0 Å². The molecule has 3 heteroatoms. The van der Waals surface area contributed by atoms with Gasteiger partial charge < -0.3 is 9.84 Å². The van der Waals surface area contributed by atoms with Gasteiger partial charge in [-0.25, -0.2) is 4.79 Å². The standard InChI is InChI=1S/C9H10O3/c1-2-12-9(11)7-3-5-8(10)6-4-7/h3-6,10H,2H2,1H3/i9+1. The van der Waals surface area contributed by atoms with Crippen LogP contribution in [0.15, 0.2) is 24.3 Å². The van der Waals surface area contributed by atoms with Crippen molar-refractivity contribution in [1.29, 1.82) is 0 Å². The maximum absolute atomic E-state index is 11.1. The summed E-state index contributed by atoms with van der Waals surface area (Å²) in [6, 6.07) is 5.94. The van der Waals surface area contributed by atoms with Gasteiger partial charge in [0.2, 0.25) is 0 Å². The van der Waals surface area contributed by atoms with E-state index in [1.807, 2.05) is 0 Å². The average molecular weight is 167 g/mol. The van der Waals surface area contributed by atoms with Crippen molar-refractivity contribution >= 4 is 5.97 Å². The summed E-state index contributed by atoms with van der Waals surface area (Å²) in [6.07, 6.45) is 0. The predicted octanol–water partition coefficient (Wildman–Crippen LogP) is 1.57. The molecule has 0 fully saturated rings. The van der Waals surface area contributed by atoms with E-state index in [2.05, 4.69) is 0 Å². The Labute approximate surface area is 70.6 Å². The lowest BCUT2D eigenvalue weighted by molar-refractivity contribution is 0.0526. The molecule has 1 rings (SSSR count). The van der Waals surface area contributed by atoms with Gasteiger partial charge in [0.25, 0.3) is 0 Å². The topological polar surface area (TPSA) is 46.5 Å². The first kappa shape index (κ1) is 8.59. The summed E-state index contributed by atoms with van der Waals surface area (Å²) in [6.45, 7) is 2.11. The third-order valence-electron chi connectivity index (χ3n) is 1.38. The predicted molar refractivity (Wildman–Crippen MR) is 44.1 cm³/mol. The molecule has 1 N–H and O–H groups in total. The van der Waals surface area contributed by atoms with E-state index in [0.717, 1.165) is 0 Å². The number of carbonyl (C=O) groups is 1. The van der Waals surface area contributed by atoms with Crippen LogP contribution in [0.5, 0.6) is 5.75 Å². The van der Waals surface area contributed by atoms with E-state index in [4.69, 9.17) is 9.84 Å². The number of ether oxygens (including phenoxy) is 1. The van der Waals surface area contributed by atoms with Gasteiger partial charge >= 0.3 is 5.97 Å². The highest BCUT2D eigenvalue weighted by Crippen LogP contribution is 2.10. The van der Waals surface area contributed by atoms with Gasteiger partial charge in [-0.05, 0) is 31.2 Å². The fourth-order valence-corrected chi connectivity index (χ4v) is 0.812. The molecule has 0 aliphatic carbocycles. The van der Waals surface area contributed by atoms with Crippen molar-refractivity contribution in [2.45, 2.75) is 6.92 Å². The normalized spacial score (nSPS) is 9.42. The second-order valence-electron chi connectivity index (χ2n) is 2.27. The Morgan fingerprint density at radius 1 is 1.42 bits per heavy atom. The lowest BCUT2D eigenvalue weighted by atomic mass is 10.3. The van der Waals surface area contributed by atoms with E-state index in [1.54, 1.807) is 6.92 Å². The molecule has 0 saturated heterocycles. The van der Waals surface area contributed by atoms with Crippen LogP contribution in [-0.2, 0) is 4.74 Å². The summed E-state index contributed by atoms with van der Waals surface area (Å²) < 4.78 is 4.75.